The summed E-state index contributed by atoms with van der Waals surface area (Å²) in [5.74, 6) is 0. The Hall–Kier alpha value is -0.640. The standard InChI is InChI=1S/C13H27NO3/c1-2-3-4-5-6-7-8-9-10-11-13(12-15)14(16)17/h13,15H,2-12H2,1H3. The van der Waals surface area contributed by atoms with E-state index in [-0.39, 0.29) is 11.5 Å². The summed E-state index contributed by atoms with van der Waals surface area (Å²) < 4.78 is 0. The second-order valence-corrected chi connectivity index (χ2v) is 4.74. The maximum absolute atomic E-state index is 10.4. The molecule has 0 fully saturated rings. The highest BCUT2D eigenvalue weighted by atomic mass is 16.6. The first-order chi connectivity index (χ1) is 8.22. The number of aliphatic hydroxyl groups excluding tert-OH is 1. The molecule has 0 aliphatic carbocycles. The molecule has 0 aliphatic heterocycles. The summed E-state index contributed by atoms with van der Waals surface area (Å²) >= 11 is 0. The number of unbranched alkanes of at least 4 members (excludes halogenated alkanes) is 8. The van der Waals surface area contributed by atoms with Crippen LogP contribution in [0.15, 0.2) is 0 Å². The van der Waals surface area contributed by atoms with Gasteiger partial charge in [0.25, 0.3) is 0 Å². The van der Waals surface area contributed by atoms with Crippen molar-refractivity contribution in [3.05, 3.63) is 10.1 Å². The van der Waals surface area contributed by atoms with Gasteiger partial charge in [0.15, 0.2) is 0 Å². The van der Waals surface area contributed by atoms with Gasteiger partial charge in [-0.05, 0) is 6.42 Å². The van der Waals surface area contributed by atoms with Crippen molar-refractivity contribution in [2.75, 3.05) is 6.61 Å². The molecule has 1 N–H and O–H groups in total. The normalized spacial score (nSPS) is 12.6. The second kappa shape index (κ2) is 11.8. The number of hydrogen-bond acceptors (Lipinski definition) is 3. The Morgan fingerprint density at radius 1 is 1.00 bits per heavy atom. The molecule has 17 heavy (non-hydrogen) atoms. The highest BCUT2D eigenvalue weighted by molar-refractivity contribution is 4.55. The van der Waals surface area contributed by atoms with Crippen molar-refractivity contribution in [1.29, 1.82) is 0 Å². The maximum Gasteiger partial charge on any atom is 0.235 e. The molecule has 1 atom stereocenters. The van der Waals surface area contributed by atoms with Gasteiger partial charge in [0, 0.05) is 11.3 Å². The number of rotatable bonds is 12. The van der Waals surface area contributed by atoms with E-state index in [1.54, 1.807) is 0 Å². The third-order valence-corrected chi connectivity index (χ3v) is 3.15. The van der Waals surface area contributed by atoms with Crippen molar-refractivity contribution in [2.24, 2.45) is 0 Å². The van der Waals surface area contributed by atoms with Crippen LogP contribution < -0.4 is 0 Å². The van der Waals surface area contributed by atoms with Gasteiger partial charge in [0.05, 0.1) is 0 Å². The number of aliphatic hydroxyl groups is 1. The van der Waals surface area contributed by atoms with E-state index in [1.165, 1.54) is 44.9 Å². The highest BCUT2D eigenvalue weighted by Gasteiger charge is 2.17. The summed E-state index contributed by atoms with van der Waals surface area (Å²) in [6, 6.07) is -0.750. The SMILES string of the molecule is CCCCCCCCCCCC(CO)[N+](=O)[O-]. The molecule has 0 bridgehead atoms. The van der Waals surface area contributed by atoms with Crippen molar-refractivity contribution >= 4 is 0 Å². The van der Waals surface area contributed by atoms with Crippen LogP contribution >= 0.6 is 0 Å². The maximum atomic E-state index is 10.4. The Balaban J connectivity index is 3.20. The summed E-state index contributed by atoms with van der Waals surface area (Å²) in [7, 11) is 0. The fourth-order valence-electron chi connectivity index (χ4n) is 1.95. The number of nitro groups is 1. The van der Waals surface area contributed by atoms with Gasteiger partial charge in [-0.2, -0.15) is 0 Å². The smallest absolute Gasteiger partial charge is 0.235 e. The Labute approximate surface area is 105 Å². The zero-order chi connectivity index (χ0) is 12.9. The minimum Gasteiger partial charge on any atom is -0.389 e. The lowest BCUT2D eigenvalue weighted by Gasteiger charge is -2.05. The van der Waals surface area contributed by atoms with Crippen LogP contribution in [0.4, 0.5) is 0 Å². The molecule has 0 aliphatic rings. The molecule has 4 heteroatoms. The van der Waals surface area contributed by atoms with Crippen molar-refractivity contribution < 1.29 is 10.0 Å². The van der Waals surface area contributed by atoms with Crippen molar-refractivity contribution in [1.82, 2.24) is 0 Å². The summed E-state index contributed by atoms with van der Waals surface area (Å²) in [6.07, 6.45) is 11.4. The van der Waals surface area contributed by atoms with Gasteiger partial charge in [0.1, 0.15) is 6.61 Å². The molecule has 0 aromatic rings. The molecular formula is C13H27NO3. The molecule has 102 valence electrons. The monoisotopic (exact) mass is 245 g/mol. The van der Waals surface area contributed by atoms with E-state index in [1.807, 2.05) is 0 Å². The molecule has 0 aromatic heterocycles. The van der Waals surface area contributed by atoms with Gasteiger partial charge in [-0.25, -0.2) is 0 Å². The summed E-state index contributed by atoms with van der Waals surface area (Å²) in [4.78, 5) is 10.1. The van der Waals surface area contributed by atoms with Gasteiger partial charge in [-0.3, -0.25) is 10.1 Å². The third kappa shape index (κ3) is 10.2. The average molecular weight is 245 g/mol. The molecule has 1 unspecified atom stereocenters. The molecule has 0 radical (unpaired) electrons. The van der Waals surface area contributed by atoms with E-state index >= 15 is 0 Å². The summed E-state index contributed by atoms with van der Waals surface area (Å²) in [5, 5.41) is 19.2. The van der Waals surface area contributed by atoms with Crippen LogP contribution in [0.3, 0.4) is 0 Å². The van der Waals surface area contributed by atoms with Crippen LogP contribution in [0.1, 0.15) is 71.1 Å². The van der Waals surface area contributed by atoms with Gasteiger partial charge in [0.2, 0.25) is 6.04 Å². The van der Waals surface area contributed by atoms with Gasteiger partial charge < -0.3 is 5.11 Å². The Morgan fingerprint density at radius 2 is 1.47 bits per heavy atom. The Bertz CT molecular complexity index is 186. The van der Waals surface area contributed by atoms with Crippen LogP contribution in [0.25, 0.3) is 0 Å². The Morgan fingerprint density at radius 3 is 1.88 bits per heavy atom. The molecular weight excluding hydrogens is 218 g/mol. The Kier molecular flexibility index (Phi) is 11.4. The van der Waals surface area contributed by atoms with Gasteiger partial charge in [-0.15, -0.1) is 0 Å². The first kappa shape index (κ1) is 16.4. The fraction of sp³-hybridized carbons (Fsp3) is 1.00. The van der Waals surface area contributed by atoms with Gasteiger partial charge in [-0.1, -0.05) is 58.3 Å². The minimum absolute atomic E-state index is 0.329. The highest BCUT2D eigenvalue weighted by Crippen LogP contribution is 2.11. The lowest BCUT2D eigenvalue weighted by Crippen LogP contribution is -2.23. The predicted molar refractivity (Wildman–Crippen MR) is 69.7 cm³/mol. The minimum atomic E-state index is -0.750. The van der Waals surface area contributed by atoms with Gasteiger partial charge >= 0.3 is 0 Å². The number of hydrogen-bond donors (Lipinski definition) is 1. The molecule has 0 amide bonds. The third-order valence-electron chi connectivity index (χ3n) is 3.15. The van der Waals surface area contributed by atoms with Crippen LogP contribution in [0.2, 0.25) is 0 Å². The largest absolute Gasteiger partial charge is 0.389 e. The van der Waals surface area contributed by atoms with E-state index in [9.17, 15) is 10.1 Å². The molecule has 0 saturated heterocycles. The van der Waals surface area contributed by atoms with E-state index in [0.29, 0.717) is 6.42 Å². The van der Waals surface area contributed by atoms with E-state index < -0.39 is 6.04 Å². The van der Waals surface area contributed by atoms with E-state index in [4.69, 9.17) is 5.11 Å². The summed E-state index contributed by atoms with van der Waals surface area (Å²) in [5.41, 5.74) is 0. The lowest BCUT2D eigenvalue weighted by molar-refractivity contribution is -0.526. The van der Waals surface area contributed by atoms with Crippen LogP contribution in [-0.4, -0.2) is 22.7 Å². The van der Waals surface area contributed by atoms with Crippen molar-refractivity contribution in [2.45, 2.75) is 77.2 Å². The quantitative estimate of drug-likeness (QED) is 0.325. The van der Waals surface area contributed by atoms with E-state index in [0.717, 1.165) is 12.8 Å². The zero-order valence-corrected chi connectivity index (χ0v) is 11.1. The molecule has 4 nitrogen and oxygen atoms in total. The number of nitrogens with zero attached hydrogens (tertiary/aromatic N) is 1. The van der Waals surface area contributed by atoms with Crippen LogP contribution in [0, 0.1) is 10.1 Å². The summed E-state index contributed by atoms with van der Waals surface area (Å²) in [6.45, 7) is 1.89. The molecule has 0 rings (SSSR count). The molecule has 0 aromatic carbocycles. The van der Waals surface area contributed by atoms with E-state index in [2.05, 4.69) is 6.92 Å². The molecule has 0 spiro atoms. The second-order valence-electron chi connectivity index (χ2n) is 4.74. The molecule has 0 heterocycles. The van der Waals surface area contributed by atoms with Crippen molar-refractivity contribution in [3.8, 4) is 0 Å². The van der Waals surface area contributed by atoms with Crippen LogP contribution in [-0.2, 0) is 0 Å². The molecule has 0 saturated carbocycles. The average Bonchev–Trinajstić information content (AvgIpc) is 2.31. The van der Waals surface area contributed by atoms with Crippen LogP contribution in [0.5, 0.6) is 0 Å². The topological polar surface area (TPSA) is 63.4 Å². The predicted octanol–water partition coefficient (Wildman–Crippen LogP) is 3.54. The zero-order valence-electron chi connectivity index (χ0n) is 11.1. The first-order valence-corrected chi connectivity index (χ1v) is 6.96. The first-order valence-electron chi connectivity index (χ1n) is 6.96. The fourth-order valence-corrected chi connectivity index (χ4v) is 1.95. The van der Waals surface area contributed by atoms with Crippen molar-refractivity contribution in [3.63, 3.8) is 0 Å². The lowest BCUT2D eigenvalue weighted by atomic mass is 10.0.